The van der Waals surface area contributed by atoms with Gasteiger partial charge in [-0.15, -0.1) is 0 Å². The predicted octanol–water partition coefficient (Wildman–Crippen LogP) is 2.47. The van der Waals surface area contributed by atoms with Crippen molar-refractivity contribution in [3.63, 3.8) is 0 Å². The maximum absolute atomic E-state index is 11.4. The highest BCUT2D eigenvalue weighted by molar-refractivity contribution is 5.78. The Morgan fingerprint density at radius 2 is 1.93 bits per heavy atom. The highest BCUT2D eigenvalue weighted by atomic mass is 16.5. The number of amides is 1. The Hall–Kier alpha value is -2.41. The number of rotatable bonds is 5. The first-order chi connectivity index (χ1) is 13.1. The van der Waals surface area contributed by atoms with E-state index < -0.39 is 0 Å². The molecule has 0 unspecified atom stereocenters. The molecule has 3 heterocycles. The molecule has 2 fully saturated rings. The van der Waals surface area contributed by atoms with Gasteiger partial charge in [-0.25, -0.2) is 0 Å². The number of likely N-dealkylation sites (tertiary alicyclic amines) is 1. The zero-order chi connectivity index (χ0) is 18.8. The molecule has 0 aliphatic carbocycles. The Labute approximate surface area is 159 Å². The maximum Gasteiger partial charge on any atom is 0.249 e. The standard InChI is InChI=1S/C20H27N5O2/c1-24(2)16-5-3-14(4-6-16)13-25-11-9-15(10-12-25)19-22-20(27-23-19)17-7-8-18(26)21-17/h3-6,15,17H,7-13H2,1-2H3,(H,21,26)/t17-/m1/s1. The minimum absolute atomic E-state index is 0.0617. The molecular weight excluding hydrogens is 342 g/mol. The number of aromatic nitrogens is 2. The van der Waals surface area contributed by atoms with Crippen molar-refractivity contribution in [2.45, 2.75) is 44.2 Å². The number of benzene rings is 1. The number of hydrogen-bond acceptors (Lipinski definition) is 6. The Balaban J connectivity index is 1.30. The van der Waals surface area contributed by atoms with Gasteiger partial charge >= 0.3 is 0 Å². The number of nitrogens with one attached hydrogen (secondary N) is 1. The third-order valence-electron chi connectivity index (χ3n) is 5.56. The average Bonchev–Trinajstić information content (AvgIpc) is 3.32. The molecule has 0 spiro atoms. The van der Waals surface area contributed by atoms with Gasteiger partial charge in [-0.05, 0) is 50.0 Å². The second-order valence-electron chi connectivity index (χ2n) is 7.76. The molecule has 7 nitrogen and oxygen atoms in total. The van der Waals surface area contributed by atoms with Gasteiger partial charge in [0.2, 0.25) is 11.8 Å². The van der Waals surface area contributed by atoms with Gasteiger partial charge in [-0.1, -0.05) is 17.3 Å². The maximum atomic E-state index is 11.4. The number of hydrogen-bond donors (Lipinski definition) is 1. The van der Waals surface area contributed by atoms with E-state index in [2.05, 4.69) is 63.6 Å². The van der Waals surface area contributed by atoms with Crippen LogP contribution in [0.25, 0.3) is 0 Å². The summed E-state index contributed by atoms with van der Waals surface area (Å²) in [7, 11) is 4.12. The zero-order valence-electron chi connectivity index (χ0n) is 16.0. The van der Waals surface area contributed by atoms with E-state index in [1.54, 1.807) is 0 Å². The molecule has 1 N–H and O–H groups in total. The summed E-state index contributed by atoms with van der Waals surface area (Å²) in [5.74, 6) is 1.75. The molecule has 1 atom stereocenters. The van der Waals surface area contributed by atoms with E-state index >= 15 is 0 Å². The summed E-state index contributed by atoms with van der Waals surface area (Å²) in [5.41, 5.74) is 2.57. The Bertz CT molecular complexity index is 778. The summed E-state index contributed by atoms with van der Waals surface area (Å²) < 4.78 is 5.41. The monoisotopic (exact) mass is 369 g/mol. The minimum Gasteiger partial charge on any atom is -0.378 e. The molecule has 0 saturated carbocycles. The van der Waals surface area contributed by atoms with Gasteiger partial charge in [-0.2, -0.15) is 4.98 Å². The van der Waals surface area contributed by atoms with Crippen LogP contribution in [0, 0.1) is 0 Å². The lowest BCUT2D eigenvalue weighted by Gasteiger charge is -2.30. The lowest BCUT2D eigenvalue weighted by Crippen LogP contribution is -2.32. The van der Waals surface area contributed by atoms with Crippen molar-refractivity contribution in [2.24, 2.45) is 0 Å². The van der Waals surface area contributed by atoms with Gasteiger partial charge in [-0.3, -0.25) is 9.69 Å². The fourth-order valence-electron chi connectivity index (χ4n) is 3.86. The first kappa shape index (κ1) is 18.0. The first-order valence-corrected chi connectivity index (χ1v) is 9.70. The summed E-state index contributed by atoms with van der Waals surface area (Å²) in [6.07, 6.45) is 3.35. The van der Waals surface area contributed by atoms with Crippen molar-refractivity contribution in [1.82, 2.24) is 20.4 Å². The normalized spacial score (nSPS) is 21.4. The van der Waals surface area contributed by atoms with E-state index in [0.29, 0.717) is 18.2 Å². The molecule has 1 aromatic carbocycles. The molecule has 2 aliphatic rings. The van der Waals surface area contributed by atoms with Crippen LogP contribution in [0.1, 0.15) is 54.9 Å². The van der Waals surface area contributed by atoms with Crippen molar-refractivity contribution in [3.8, 4) is 0 Å². The number of piperidine rings is 1. The molecule has 0 bridgehead atoms. The largest absolute Gasteiger partial charge is 0.378 e. The summed E-state index contributed by atoms with van der Waals surface area (Å²) in [4.78, 5) is 20.5. The van der Waals surface area contributed by atoms with Crippen molar-refractivity contribution < 1.29 is 9.32 Å². The zero-order valence-corrected chi connectivity index (χ0v) is 16.0. The molecule has 1 amide bonds. The molecule has 4 rings (SSSR count). The van der Waals surface area contributed by atoms with E-state index in [1.807, 2.05) is 0 Å². The van der Waals surface area contributed by atoms with Crippen LogP contribution < -0.4 is 10.2 Å². The summed E-state index contributed by atoms with van der Waals surface area (Å²) in [5, 5.41) is 7.07. The summed E-state index contributed by atoms with van der Waals surface area (Å²) in [6, 6.07) is 8.66. The second-order valence-corrected chi connectivity index (χ2v) is 7.76. The van der Waals surface area contributed by atoms with Gasteiger partial charge in [0, 0.05) is 38.7 Å². The van der Waals surface area contributed by atoms with Crippen LogP contribution in [0.2, 0.25) is 0 Å². The van der Waals surface area contributed by atoms with Crippen LogP contribution in [0.4, 0.5) is 5.69 Å². The molecule has 144 valence electrons. The van der Waals surface area contributed by atoms with Gasteiger partial charge in [0.25, 0.3) is 0 Å². The average molecular weight is 369 g/mol. The Morgan fingerprint density at radius 3 is 2.56 bits per heavy atom. The smallest absolute Gasteiger partial charge is 0.249 e. The van der Waals surface area contributed by atoms with Crippen molar-refractivity contribution in [3.05, 3.63) is 41.5 Å². The lowest BCUT2D eigenvalue weighted by atomic mass is 9.96. The molecule has 2 aliphatic heterocycles. The third kappa shape index (κ3) is 4.13. The van der Waals surface area contributed by atoms with Crippen LogP contribution in [-0.4, -0.2) is 48.1 Å². The summed E-state index contributed by atoms with van der Waals surface area (Å²) in [6.45, 7) is 3.04. The quantitative estimate of drug-likeness (QED) is 0.873. The SMILES string of the molecule is CN(C)c1ccc(CN2CCC(c3noc([C@H]4CCC(=O)N4)n3)CC2)cc1. The molecule has 27 heavy (non-hydrogen) atoms. The molecule has 1 aromatic heterocycles. The van der Waals surface area contributed by atoms with Crippen molar-refractivity contribution in [2.75, 3.05) is 32.1 Å². The van der Waals surface area contributed by atoms with Gasteiger partial charge in [0.05, 0.1) is 0 Å². The van der Waals surface area contributed by atoms with Crippen LogP contribution in [-0.2, 0) is 11.3 Å². The predicted molar refractivity (Wildman–Crippen MR) is 102 cm³/mol. The van der Waals surface area contributed by atoms with Crippen LogP contribution in [0.5, 0.6) is 0 Å². The third-order valence-corrected chi connectivity index (χ3v) is 5.56. The number of carbonyl (C=O) groups is 1. The topological polar surface area (TPSA) is 74.5 Å². The van der Waals surface area contributed by atoms with Crippen LogP contribution in [0.15, 0.2) is 28.8 Å². The van der Waals surface area contributed by atoms with E-state index in [0.717, 1.165) is 44.7 Å². The minimum atomic E-state index is -0.107. The molecule has 0 radical (unpaired) electrons. The molecule has 2 saturated heterocycles. The molecular formula is C20H27N5O2. The first-order valence-electron chi connectivity index (χ1n) is 9.70. The Morgan fingerprint density at radius 1 is 1.19 bits per heavy atom. The fraction of sp³-hybridized carbons (Fsp3) is 0.550. The van der Waals surface area contributed by atoms with E-state index in [-0.39, 0.29) is 11.9 Å². The molecule has 7 heteroatoms. The summed E-state index contributed by atoms with van der Waals surface area (Å²) >= 11 is 0. The van der Waals surface area contributed by atoms with E-state index in [1.165, 1.54) is 11.3 Å². The van der Waals surface area contributed by atoms with E-state index in [9.17, 15) is 4.79 Å². The second kappa shape index (κ2) is 7.68. The van der Waals surface area contributed by atoms with Crippen molar-refractivity contribution in [1.29, 1.82) is 0 Å². The van der Waals surface area contributed by atoms with Crippen LogP contribution in [0.3, 0.4) is 0 Å². The fourth-order valence-corrected chi connectivity index (χ4v) is 3.86. The van der Waals surface area contributed by atoms with Crippen LogP contribution >= 0.6 is 0 Å². The highest BCUT2D eigenvalue weighted by Gasteiger charge is 2.30. The molecule has 2 aromatic rings. The van der Waals surface area contributed by atoms with Gasteiger partial charge < -0.3 is 14.7 Å². The Kier molecular flexibility index (Phi) is 5.11. The number of anilines is 1. The highest BCUT2D eigenvalue weighted by Crippen LogP contribution is 2.29. The van der Waals surface area contributed by atoms with Crippen molar-refractivity contribution >= 4 is 11.6 Å². The number of nitrogens with zero attached hydrogens (tertiary/aromatic N) is 4. The number of carbonyl (C=O) groups excluding carboxylic acids is 1. The van der Waals surface area contributed by atoms with Gasteiger partial charge in [0.15, 0.2) is 5.82 Å². The lowest BCUT2D eigenvalue weighted by molar-refractivity contribution is -0.119. The van der Waals surface area contributed by atoms with Gasteiger partial charge in [0.1, 0.15) is 6.04 Å². The van der Waals surface area contributed by atoms with E-state index in [4.69, 9.17) is 4.52 Å².